The SMILES string of the molecule is CCc1nc(NC(CC(=O)O)C2CC2)cc(=O)[nH]1. The summed E-state index contributed by atoms with van der Waals surface area (Å²) in [6, 6.07) is 1.23. The molecule has 1 fully saturated rings. The van der Waals surface area contributed by atoms with Gasteiger partial charge in [-0.1, -0.05) is 6.92 Å². The van der Waals surface area contributed by atoms with Gasteiger partial charge in [0.25, 0.3) is 5.56 Å². The van der Waals surface area contributed by atoms with Crippen molar-refractivity contribution in [2.45, 2.75) is 38.6 Å². The number of carbonyl (C=O) groups is 1. The average Bonchev–Trinajstić information content (AvgIpc) is 3.10. The Bertz CT molecular complexity index is 494. The summed E-state index contributed by atoms with van der Waals surface area (Å²) < 4.78 is 0. The number of rotatable bonds is 6. The van der Waals surface area contributed by atoms with E-state index in [9.17, 15) is 9.59 Å². The van der Waals surface area contributed by atoms with E-state index in [1.54, 1.807) is 0 Å². The van der Waals surface area contributed by atoms with Crippen LogP contribution in [0.5, 0.6) is 0 Å². The summed E-state index contributed by atoms with van der Waals surface area (Å²) in [5, 5.41) is 11.9. The van der Waals surface area contributed by atoms with Gasteiger partial charge in [-0.15, -0.1) is 0 Å². The molecular formula is C12H17N3O3. The number of hydrogen-bond donors (Lipinski definition) is 3. The lowest BCUT2D eigenvalue weighted by molar-refractivity contribution is -0.137. The predicted octanol–water partition coefficient (Wildman–Crippen LogP) is 0.997. The number of H-pyrrole nitrogens is 1. The molecule has 1 aliphatic rings. The Labute approximate surface area is 104 Å². The molecular weight excluding hydrogens is 234 g/mol. The Morgan fingerprint density at radius 2 is 2.39 bits per heavy atom. The van der Waals surface area contributed by atoms with Crippen LogP contribution in [0.4, 0.5) is 5.82 Å². The summed E-state index contributed by atoms with van der Waals surface area (Å²) in [5.41, 5.74) is -0.214. The maximum atomic E-state index is 11.4. The molecule has 1 aromatic rings. The number of nitrogens with zero attached hydrogens (tertiary/aromatic N) is 1. The van der Waals surface area contributed by atoms with Crippen LogP contribution in [0, 0.1) is 5.92 Å². The van der Waals surface area contributed by atoms with Crippen molar-refractivity contribution in [3.05, 3.63) is 22.2 Å². The highest BCUT2D eigenvalue weighted by Crippen LogP contribution is 2.35. The zero-order valence-corrected chi connectivity index (χ0v) is 10.3. The molecule has 0 radical (unpaired) electrons. The average molecular weight is 251 g/mol. The van der Waals surface area contributed by atoms with Crippen LogP contribution in [-0.2, 0) is 11.2 Å². The number of carboxylic acid groups (broad SMARTS) is 1. The van der Waals surface area contributed by atoms with Gasteiger partial charge in [0.1, 0.15) is 11.6 Å². The maximum Gasteiger partial charge on any atom is 0.305 e. The predicted molar refractivity (Wildman–Crippen MR) is 66.6 cm³/mol. The van der Waals surface area contributed by atoms with E-state index in [4.69, 9.17) is 5.11 Å². The van der Waals surface area contributed by atoms with Gasteiger partial charge in [-0.2, -0.15) is 0 Å². The number of hydrogen-bond acceptors (Lipinski definition) is 4. The standard InChI is InChI=1S/C12H17N3O3/c1-2-9-14-10(6-11(16)15-9)13-8(5-12(17)18)7-3-4-7/h6-8H,2-5H2,1H3,(H,17,18)(H2,13,14,15,16). The highest BCUT2D eigenvalue weighted by atomic mass is 16.4. The first-order valence-corrected chi connectivity index (χ1v) is 6.17. The lowest BCUT2D eigenvalue weighted by Gasteiger charge is -2.16. The molecule has 1 aliphatic carbocycles. The van der Waals surface area contributed by atoms with Gasteiger partial charge in [-0.3, -0.25) is 9.59 Å². The minimum absolute atomic E-state index is 0.0562. The van der Waals surface area contributed by atoms with E-state index in [0.29, 0.717) is 24.0 Å². The number of carboxylic acids is 1. The van der Waals surface area contributed by atoms with Crippen molar-refractivity contribution in [1.29, 1.82) is 0 Å². The second kappa shape index (κ2) is 5.20. The molecule has 6 nitrogen and oxygen atoms in total. The third-order valence-electron chi connectivity index (χ3n) is 3.04. The zero-order valence-electron chi connectivity index (χ0n) is 10.3. The minimum atomic E-state index is -0.833. The first kappa shape index (κ1) is 12.6. The third-order valence-corrected chi connectivity index (χ3v) is 3.04. The summed E-state index contributed by atoms with van der Waals surface area (Å²) in [5.74, 6) is 0.621. The molecule has 0 aromatic carbocycles. The normalized spacial score (nSPS) is 16.3. The molecule has 0 spiro atoms. The second-order valence-corrected chi connectivity index (χ2v) is 4.62. The number of aromatic amines is 1. The van der Waals surface area contributed by atoms with Crippen molar-refractivity contribution in [1.82, 2.24) is 9.97 Å². The van der Waals surface area contributed by atoms with Gasteiger partial charge < -0.3 is 15.4 Å². The lowest BCUT2D eigenvalue weighted by Crippen LogP contribution is -2.27. The van der Waals surface area contributed by atoms with Crippen molar-refractivity contribution < 1.29 is 9.90 Å². The third kappa shape index (κ3) is 3.32. The summed E-state index contributed by atoms with van der Waals surface area (Å²) >= 11 is 0. The fourth-order valence-electron chi connectivity index (χ4n) is 1.96. The van der Waals surface area contributed by atoms with Crippen LogP contribution in [0.25, 0.3) is 0 Å². The fourth-order valence-corrected chi connectivity index (χ4v) is 1.96. The van der Waals surface area contributed by atoms with Gasteiger partial charge in [-0.05, 0) is 18.8 Å². The van der Waals surface area contributed by atoms with Gasteiger partial charge >= 0.3 is 5.97 Å². The fraction of sp³-hybridized carbons (Fsp3) is 0.583. The van der Waals surface area contributed by atoms with E-state index >= 15 is 0 Å². The summed E-state index contributed by atoms with van der Waals surface area (Å²) in [4.78, 5) is 29.1. The first-order chi connectivity index (χ1) is 8.58. The van der Waals surface area contributed by atoms with Crippen LogP contribution in [-0.4, -0.2) is 27.1 Å². The Morgan fingerprint density at radius 1 is 1.67 bits per heavy atom. The van der Waals surface area contributed by atoms with Gasteiger partial charge in [0.15, 0.2) is 0 Å². The molecule has 18 heavy (non-hydrogen) atoms. The van der Waals surface area contributed by atoms with Crippen molar-refractivity contribution in [3.8, 4) is 0 Å². The minimum Gasteiger partial charge on any atom is -0.481 e. The number of aliphatic carboxylic acids is 1. The smallest absolute Gasteiger partial charge is 0.305 e. The monoisotopic (exact) mass is 251 g/mol. The largest absolute Gasteiger partial charge is 0.481 e. The van der Waals surface area contributed by atoms with E-state index in [-0.39, 0.29) is 18.0 Å². The van der Waals surface area contributed by atoms with Crippen LogP contribution in [0.2, 0.25) is 0 Å². The molecule has 1 atom stereocenters. The van der Waals surface area contributed by atoms with Gasteiger partial charge in [0.05, 0.1) is 6.42 Å². The van der Waals surface area contributed by atoms with Crippen LogP contribution < -0.4 is 10.9 Å². The number of nitrogens with one attached hydrogen (secondary N) is 2. The van der Waals surface area contributed by atoms with Crippen molar-refractivity contribution in [2.75, 3.05) is 5.32 Å². The van der Waals surface area contributed by atoms with Crippen LogP contribution in [0.15, 0.2) is 10.9 Å². The summed E-state index contributed by atoms with van der Waals surface area (Å²) in [6.07, 6.45) is 2.77. The Balaban J connectivity index is 2.12. The molecule has 1 aromatic heterocycles. The van der Waals surface area contributed by atoms with Crippen LogP contribution in [0.1, 0.15) is 32.0 Å². The second-order valence-electron chi connectivity index (χ2n) is 4.62. The molecule has 6 heteroatoms. The highest BCUT2D eigenvalue weighted by molar-refractivity contribution is 5.68. The molecule has 0 aliphatic heterocycles. The quantitative estimate of drug-likeness (QED) is 0.701. The Hall–Kier alpha value is -1.85. The number of anilines is 1. The van der Waals surface area contributed by atoms with Gasteiger partial charge in [-0.25, -0.2) is 4.98 Å². The molecule has 2 rings (SSSR count). The van der Waals surface area contributed by atoms with Crippen LogP contribution >= 0.6 is 0 Å². The summed E-state index contributed by atoms with van der Waals surface area (Å²) in [7, 11) is 0. The molecule has 1 saturated carbocycles. The Kier molecular flexibility index (Phi) is 3.64. The van der Waals surface area contributed by atoms with E-state index in [2.05, 4.69) is 15.3 Å². The van der Waals surface area contributed by atoms with E-state index in [1.165, 1.54) is 6.07 Å². The summed E-state index contributed by atoms with van der Waals surface area (Å²) in [6.45, 7) is 1.90. The molecule has 0 amide bonds. The molecule has 3 N–H and O–H groups in total. The molecule has 1 heterocycles. The topological polar surface area (TPSA) is 95.1 Å². The first-order valence-electron chi connectivity index (χ1n) is 6.17. The molecule has 1 unspecified atom stereocenters. The molecule has 0 saturated heterocycles. The van der Waals surface area contributed by atoms with Gasteiger partial charge in [0, 0.05) is 18.5 Å². The van der Waals surface area contributed by atoms with E-state index < -0.39 is 5.97 Å². The maximum absolute atomic E-state index is 11.4. The number of aryl methyl sites for hydroxylation is 1. The van der Waals surface area contributed by atoms with Crippen molar-refractivity contribution in [2.24, 2.45) is 5.92 Å². The van der Waals surface area contributed by atoms with E-state index in [1.807, 2.05) is 6.92 Å². The van der Waals surface area contributed by atoms with Crippen LogP contribution in [0.3, 0.4) is 0 Å². The highest BCUT2D eigenvalue weighted by Gasteiger charge is 2.32. The van der Waals surface area contributed by atoms with Crippen molar-refractivity contribution in [3.63, 3.8) is 0 Å². The Morgan fingerprint density at radius 3 is 2.94 bits per heavy atom. The van der Waals surface area contributed by atoms with E-state index in [0.717, 1.165) is 12.8 Å². The zero-order chi connectivity index (χ0) is 13.1. The number of aromatic nitrogens is 2. The molecule has 0 bridgehead atoms. The van der Waals surface area contributed by atoms with Crippen molar-refractivity contribution >= 4 is 11.8 Å². The van der Waals surface area contributed by atoms with Gasteiger partial charge in [0.2, 0.25) is 0 Å². The lowest BCUT2D eigenvalue weighted by atomic mass is 10.1. The molecule has 98 valence electrons.